The molecule has 1 aliphatic heterocycles. The zero-order valence-corrected chi connectivity index (χ0v) is 24.8. The van der Waals surface area contributed by atoms with Crippen LogP contribution in [0, 0.1) is 23.1 Å². The highest BCUT2D eigenvalue weighted by Crippen LogP contribution is 2.50. The van der Waals surface area contributed by atoms with Gasteiger partial charge in [0.15, 0.2) is 5.72 Å². The fourth-order valence-corrected chi connectivity index (χ4v) is 6.47. The first-order chi connectivity index (χ1) is 20.5. The highest BCUT2D eigenvalue weighted by atomic mass is 35.5. The number of carbonyl (C=O) groups is 1. The zero-order chi connectivity index (χ0) is 30.9. The Morgan fingerprint density at radius 1 is 1.21 bits per heavy atom. The van der Waals surface area contributed by atoms with Crippen molar-refractivity contribution >= 4 is 17.5 Å². The number of nitriles is 1. The molecule has 1 aliphatic carbocycles. The van der Waals surface area contributed by atoms with Gasteiger partial charge in [0.05, 0.1) is 47.7 Å². The number of halogens is 2. The van der Waals surface area contributed by atoms with Crippen LogP contribution in [0.2, 0.25) is 5.02 Å². The number of fused-ring (bicyclic) bond motifs is 1. The summed E-state index contributed by atoms with van der Waals surface area (Å²) in [4.78, 5) is 24.1. The average Bonchev–Trinajstić information content (AvgIpc) is 3.24. The van der Waals surface area contributed by atoms with Crippen LogP contribution in [0.3, 0.4) is 0 Å². The minimum Gasteiger partial charge on any atom is -0.393 e. The molecule has 0 spiro atoms. The number of amides is 1. The summed E-state index contributed by atoms with van der Waals surface area (Å²) in [5.41, 5.74) is -2.42. The van der Waals surface area contributed by atoms with Crippen LogP contribution in [0.25, 0.3) is 0 Å². The molecule has 5 rings (SSSR count). The molecule has 2 heterocycles. The number of benzene rings is 2. The van der Waals surface area contributed by atoms with Crippen molar-refractivity contribution in [1.29, 1.82) is 5.26 Å². The van der Waals surface area contributed by atoms with Crippen LogP contribution >= 0.6 is 11.6 Å². The minimum atomic E-state index is -1.84. The lowest BCUT2D eigenvalue weighted by atomic mass is 9.71. The minimum absolute atomic E-state index is 0.00640. The van der Waals surface area contributed by atoms with Crippen molar-refractivity contribution in [3.63, 3.8) is 0 Å². The van der Waals surface area contributed by atoms with Crippen molar-refractivity contribution in [2.24, 2.45) is 5.92 Å². The lowest BCUT2D eigenvalue weighted by Gasteiger charge is -2.40. The van der Waals surface area contributed by atoms with E-state index in [4.69, 9.17) is 16.3 Å². The van der Waals surface area contributed by atoms with E-state index in [1.165, 1.54) is 36.4 Å². The number of ether oxygens (including phenoxy) is 1. The van der Waals surface area contributed by atoms with Crippen molar-refractivity contribution in [3.05, 3.63) is 93.3 Å². The molecule has 1 saturated carbocycles. The molecule has 43 heavy (non-hydrogen) atoms. The van der Waals surface area contributed by atoms with Gasteiger partial charge in [-0.25, -0.2) is 14.4 Å². The van der Waals surface area contributed by atoms with E-state index in [9.17, 15) is 25.4 Å². The molecule has 3 aromatic rings. The van der Waals surface area contributed by atoms with Crippen molar-refractivity contribution in [2.75, 3.05) is 6.61 Å². The smallest absolute Gasteiger partial charge is 0.257 e. The Labute approximate surface area is 254 Å². The Hall–Kier alpha value is -3.46. The average molecular weight is 609 g/mol. The molecule has 1 amide bonds. The standard InChI is InChI=1S/C32H34ClFN4O5/c1-3-31(42,21-6-10-25(40)11-7-21)23-12-26-29(27(34)13-23)32(43-18-19(2)39,22-4-8-24(33)9-5-22)38(30(26)41)17-28-36-15-20(14-35)16-37-28/h4-5,8-9,12-13,15-16,19,21,25,39-40,42H,3,6-7,10-11,17-18H2,1-2H3/t19-,21?,25?,31?,32-/m1/s1. The SMILES string of the molecule is CCC(O)(c1cc(F)c2c(c1)C(=O)N(Cc1ncc(C#N)cn1)[C@@]2(OC[C@@H](C)O)c1ccc(Cl)cc1)C1CCC(O)CC1. The van der Waals surface area contributed by atoms with Gasteiger partial charge in [0.1, 0.15) is 17.7 Å². The maximum absolute atomic E-state index is 16.6. The third kappa shape index (κ3) is 5.64. The van der Waals surface area contributed by atoms with Crippen LogP contribution in [-0.4, -0.2) is 54.9 Å². The fraction of sp³-hybridized carbons (Fsp3) is 0.438. The van der Waals surface area contributed by atoms with E-state index in [1.807, 2.05) is 13.0 Å². The number of rotatable bonds is 9. The van der Waals surface area contributed by atoms with E-state index in [1.54, 1.807) is 24.3 Å². The number of aliphatic hydroxyl groups excluding tert-OH is 2. The Morgan fingerprint density at radius 3 is 2.44 bits per heavy atom. The van der Waals surface area contributed by atoms with E-state index >= 15 is 4.39 Å². The molecule has 1 aromatic heterocycles. The quantitative estimate of drug-likeness (QED) is 0.322. The normalized spacial score (nSPS) is 23.9. The molecule has 226 valence electrons. The monoisotopic (exact) mass is 608 g/mol. The summed E-state index contributed by atoms with van der Waals surface area (Å²) in [5.74, 6) is -1.38. The summed E-state index contributed by atoms with van der Waals surface area (Å²) in [7, 11) is 0. The van der Waals surface area contributed by atoms with Gasteiger partial charge in [0, 0.05) is 23.0 Å². The summed E-state index contributed by atoms with van der Waals surface area (Å²) in [6.07, 6.45) is 3.75. The molecular formula is C32H34ClFN4O5. The van der Waals surface area contributed by atoms with E-state index < -0.39 is 35.3 Å². The first-order valence-electron chi connectivity index (χ1n) is 14.4. The number of carbonyl (C=O) groups excluding carboxylic acids is 1. The largest absolute Gasteiger partial charge is 0.393 e. The molecular weight excluding hydrogens is 575 g/mol. The van der Waals surface area contributed by atoms with Crippen molar-refractivity contribution in [3.8, 4) is 6.07 Å². The van der Waals surface area contributed by atoms with E-state index in [2.05, 4.69) is 9.97 Å². The molecule has 1 unspecified atom stereocenters. The third-order valence-electron chi connectivity index (χ3n) is 8.60. The maximum atomic E-state index is 16.6. The number of aromatic nitrogens is 2. The van der Waals surface area contributed by atoms with Gasteiger partial charge < -0.3 is 20.1 Å². The molecule has 11 heteroatoms. The molecule has 0 saturated heterocycles. The summed E-state index contributed by atoms with van der Waals surface area (Å²) in [6, 6.07) is 11.2. The highest BCUT2D eigenvalue weighted by molar-refractivity contribution is 6.30. The van der Waals surface area contributed by atoms with Gasteiger partial charge in [-0.2, -0.15) is 5.26 Å². The first-order valence-corrected chi connectivity index (χ1v) is 14.8. The topological polar surface area (TPSA) is 140 Å². The van der Waals surface area contributed by atoms with Gasteiger partial charge >= 0.3 is 0 Å². The number of aliphatic hydroxyl groups is 3. The lowest BCUT2D eigenvalue weighted by Crippen LogP contribution is -2.48. The van der Waals surface area contributed by atoms with E-state index in [-0.39, 0.29) is 53.6 Å². The van der Waals surface area contributed by atoms with Crippen molar-refractivity contribution in [2.45, 2.75) is 76.0 Å². The van der Waals surface area contributed by atoms with Crippen molar-refractivity contribution < 1.29 is 29.2 Å². The van der Waals surface area contributed by atoms with Gasteiger partial charge in [-0.3, -0.25) is 9.69 Å². The number of hydrogen-bond donors (Lipinski definition) is 3. The zero-order valence-electron chi connectivity index (χ0n) is 24.0. The van der Waals surface area contributed by atoms with Crippen LogP contribution in [0.5, 0.6) is 0 Å². The second kappa shape index (κ2) is 12.3. The van der Waals surface area contributed by atoms with Gasteiger partial charge in [-0.1, -0.05) is 30.7 Å². The Morgan fingerprint density at radius 2 is 1.86 bits per heavy atom. The maximum Gasteiger partial charge on any atom is 0.257 e. The van der Waals surface area contributed by atoms with E-state index in [0.29, 0.717) is 36.3 Å². The van der Waals surface area contributed by atoms with Crippen LogP contribution in [0.1, 0.15) is 84.4 Å². The summed E-state index contributed by atoms with van der Waals surface area (Å²) >= 11 is 6.19. The molecule has 3 atom stereocenters. The first kappa shape index (κ1) is 31.0. The Bertz CT molecular complexity index is 1520. The van der Waals surface area contributed by atoms with E-state index in [0.717, 1.165) is 0 Å². The molecule has 2 aromatic carbocycles. The Kier molecular flexibility index (Phi) is 8.84. The molecule has 2 aliphatic rings. The van der Waals surface area contributed by atoms with Crippen LogP contribution in [0.15, 0.2) is 48.8 Å². The highest BCUT2D eigenvalue weighted by Gasteiger charge is 2.55. The van der Waals surface area contributed by atoms with Gasteiger partial charge in [-0.15, -0.1) is 0 Å². The molecule has 0 bridgehead atoms. The lowest BCUT2D eigenvalue weighted by molar-refractivity contribution is -0.132. The van der Waals surface area contributed by atoms with Crippen LogP contribution in [0.4, 0.5) is 4.39 Å². The van der Waals surface area contributed by atoms with Crippen LogP contribution in [-0.2, 0) is 22.6 Å². The summed E-state index contributed by atoms with van der Waals surface area (Å²) in [5, 5.41) is 41.8. The number of hydrogen-bond acceptors (Lipinski definition) is 8. The second-order valence-corrected chi connectivity index (χ2v) is 11.8. The van der Waals surface area contributed by atoms with Crippen LogP contribution < -0.4 is 0 Å². The second-order valence-electron chi connectivity index (χ2n) is 11.4. The molecule has 9 nitrogen and oxygen atoms in total. The molecule has 0 radical (unpaired) electrons. The predicted octanol–water partition coefficient (Wildman–Crippen LogP) is 4.54. The third-order valence-corrected chi connectivity index (χ3v) is 8.85. The number of nitrogens with zero attached hydrogens (tertiary/aromatic N) is 4. The van der Waals surface area contributed by atoms with Gasteiger partial charge in [0.2, 0.25) is 0 Å². The molecule has 3 N–H and O–H groups in total. The fourth-order valence-electron chi connectivity index (χ4n) is 6.34. The molecule has 1 fully saturated rings. The Balaban J connectivity index is 1.70. The summed E-state index contributed by atoms with van der Waals surface area (Å²) < 4.78 is 23.0. The summed E-state index contributed by atoms with van der Waals surface area (Å²) in [6.45, 7) is 2.87. The van der Waals surface area contributed by atoms with Gasteiger partial charge in [-0.05, 0) is 74.8 Å². The predicted molar refractivity (Wildman–Crippen MR) is 155 cm³/mol. The van der Waals surface area contributed by atoms with Gasteiger partial charge in [0.25, 0.3) is 5.91 Å². The van der Waals surface area contributed by atoms with Crippen molar-refractivity contribution in [1.82, 2.24) is 14.9 Å².